The first kappa shape index (κ1) is 21.8. The van der Waals surface area contributed by atoms with Crippen LogP contribution >= 0.6 is 11.6 Å². The van der Waals surface area contributed by atoms with E-state index in [1.807, 2.05) is 12.1 Å². The molecule has 5 rings (SSSR count). The summed E-state index contributed by atoms with van der Waals surface area (Å²) in [6, 6.07) is 6.89. The second-order valence-electron chi connectivity index (χ2n) is 8.65. The van der Waals surface area contributed by atoms with Crippen molar-refractivity contribution < 1.29 is 14.4 Å². The number of piperidine rings is 2. The minimum atomic E-state index is -0.634. The first-order valence-electron chi connectivity index (χ1n) is 11.2. The monoisotopic (exact) mass is 468 g/mol. The zero-order valence-corrected chi connectivity index (χ0v) is 18.8. The smallest absolute Gasteiger partial charge is 0.255 e. The number of fused-ring (bicyclic) bond motifs is 1. The molecule has 2 unspecified atom stereocenters. The van der Waals surface area contributed by atoms with Crippen molar-refractivity contribution in [1.82, 2.24) is 25.5 Å². The summed E-state index contributed by atoms with van der Waals surface area (Å²) in [5.74, 6) is -0.318. The number of amides is 3. The van der Waals surface area contributed by atoms with Gasteiger partial charge >= 0.3 is 0 Å². The predicted molar refractivity (Wildman–Crippen MR) is 122 cm³/mol. The van der Waals surface area contributed by atoms with Gasteiger partial charge in [-0.1, -0.05) is 23.7 Å². The standard InChI is InChI=1S/C23H25ClN6O3/c24-19-8-10-26-23(27-19)29(15-4-2-9-25-11-15)12-14-3-1-5-16-17(14)13-30(22(16)33)18-6-7-20(31)28-21(18)32/h1,3,5,8,10,15,18,25H,2,4,6-7,9,11-13H2,(H,28,31,32). The first-order valence-corrected chi connectivity index (χ1v) is 11.6. The van der Waals surface area contributed by atoms with E-state index >= 15 is 0 Å². The molecule has 3 aliphatic heterocycles. The van der Waals surface area contributed by atoms with Crippen LogP contribution in [0.1, 0.15) is 47.2 Å². The molecule has 2 saturated heterocycles. The summed E-state index contributed by atoms with van der Waals surface area (Å²) in [4.78, 5) is 49.8. The number of nitrogens with zero attached hydrogens (tertiary/aromatic N) is 4. The lowest BCUT2D eigenvalue weighted by Gasteiger charge is -2.35. The van der Waals surface area contributed by atoms with Crippen molar-refractivity contribution in [3.8, 4) is 0 Å². The van der Waals surface area contributed by atoms with Crippen molar-refractivity contribution in [2.24, 2.45) is 0 Å². The highest BCUT2D eigenvalue weighted by Gasteiger charge is 2.40. The molecule has 0 radical (unpaired) electrons. The molecule has 2 aromatic rings. The van der Waals surface area contributed by atoms with E-state index in [0.717, 1.165) is 37.1 Å². The van der Waals surface area contributed by atoms with Crippen LogP contribution in [0.25, 0.3) is 0 Å². The van der Waals surface area contributed by atoms with Gasteiger partial charge in [0.05, 0.1) is 0 Å². The molecular weight excluding hydrogens is 444 g/mol. The van der Waals surface area contributed by atoms with Crippen molar-refractivity contribution >= 4 is 35.3 Å². The van der Waals surface area contributed by atoms with Crippen molar-refractivity contribution in [2.75, 3.05) is 18.0 Å². The number of carbonyl (C=O) groups excluding carboxylic acids is 3. The molecule has 3 aliphatic rings. The molecule has 1 aromatic carbocycles. The second kappa shape index (κ2) is 9.07. The third-order valence-electron chi connectivity index (χ3n) is 6.60. The van der Waals surface area contributed by atoms with Crippen LogP contribution in [-0.4, -0.2) is 57.8 Å². The van der Waals surface area contributed by atoms with Crippen molar-refractivity contribution in [3.63, 3.8) is 0 Å². The Morgan fingerprint density at radius 2 is 2.06 bits per heavy atom. The maximum absolute atomic E-state index is 13.2. The number of imide groups is 1. The Morgan fingerprint density at radius 1 is 1.18 bits per heavy atom. The van der Waals surface area contributed by atoms with Crippen LogP contribution in [0.2, 0.25) is 5.15 Å². The predicted octanol–water partition coefficient (Wildman–Crippen LogP) is 1.65. The van der Waals surface area contributed by atoms with Gasteiger partial charge in [0.15, 0.2) is 0 Å². The molecule has 0 spiro atoms. The highest BCUT2D eigenvalue weighted by molar-refractivity contribution is 6.29. The third kappa shape index (κ3) is 4.30. The van der Waals surface area contributed by atoms with Crippen molar-refractivity contribution in [1.29, 1.82) is 0 Å². The van der Waals surface area contributed by atoms with Crippen LogP contribution in [0.5, 0.6) is 0 Å². The number of halogens is 1. The summed E-state index contributed by atoms with van der Waals surface area (Å²) in [5.41, 5.74) is 2.50. The molecule has 33 heavy (non-hydrogen) atoms. The van der Waals surface area contributed by atoms with E-state index in [1.165, 1.54) is 0 Å². The quantitative estimate of drug-likeness (QED) is 0.507. The number of hydrogen-bond acceptors (Lipinski definition) is 7. The molecule has 0 aliphatic carbocycles. The van der Waals surface area contributed by atoms with Crippen LogP contribution in [0.4, 0.5) is 5.95 Å². The second-order valence-corrected chi connectivity index (χ2v) is 9.04. The van der Waals surface area contributed by atoms with E-state index in [-0.39, 0.29) is 24.3 Å². The van der Waals surface area contributed by atoms with Crippen LogP contribution in [-0.2, 0) is 22.7 Å². The van der Waals surface area contributed by atoms with Gasteiger partial charge in [-0.05, 0) is 49.1 Å². The average Bonchev–Trinajstić information content (AvgIpc) is 3.15. The minimum absolute atomic E-state index is 0.175. The van der Waals surface area contributed by atoms with Crippen LogP contribution in [0.15, 0.2) is 30.5 Å². The van der Waals surface area contributed by atoms with Gasteiger partial charge in [-0.15, -0.1) is 0 Å². The number of hydrogen-bond donors (Lipinski definition) is 2. The molecule has 0 saturated carbocycles. The van der Waals surface area contributed by atoms with E-state index in [1.54, 1.807) is 23.2 Å². The molecule has 2 fully saturated rings. The summed E-state index contributed by atoms with van der Waals surface area (Å²) >= 11 is 6.17. The zero-order valence-electron chi connectivity index (χ0n) is 18.1. The van der Waals surface area contributed by atoms with Gasteiger partial charge < -0.3 is 15.1 Å². The Bertz CT molecular complexity index is 1100. The van der Waals surface area contributed by atoms with Crippen LogP contribution in [0, 0.1) is 0 Å². The number of benzene rings is 1. The number of anilines is 1. The zero-order chi connectivity index (χ0) is 22.9. The van der Waals surface area contributed by atoms with Crippen LogP contribution < -0.4 is 15.5 Å². The molecule has 0 bridgehead atoms. The maximum atomic E-state index is 13.2. The van der Waals surface area contributed by atoms with Crippen LogP contribution in [0.3, 0.4) is 0 Å². The highest BCUT2D eigenvalue weighted by atomic mass is 35.5. The summed E-state index contributed by atoms with van der Waals surface area (Å²) in [5, 5.41) is 6.17. The maximum Gasteiger partial charge on any atom is 0.255 e. The Morgan fingerprint density at radius 3 is 2.82 bits per heavy atom. The van der Waals surface area contributed by atoms with Crippen molar-refractivity contribution in [2.45, 2.75) is 50.9 Å². The topological polar surface area (TPSA) is 108 Å². The summed E-state index contributed by atoms with van der Waals surface area (Å²) in [7, 11) is 0. The number of nitrogens with one attached hydrogen (secondary N) is 2. The SMILES string of the molecule is O=C1CCC(N2Cc3c(CN(c4nccc(Cl)n4)C4CCCNC4)cccc3C2=O)C(=O)N1. The van der Waals surface area contributed by atoms with Gasteiger partial charge in [-0.25, -0.2) is 9.97 Å². The van der Waals surface area contributed by atoms with E-state index in [0.29, 0.717) is 36.2 Å². The number of carbonyl (C=O) groups is 3. The Kier molecular flexibility index (Phi) is 5.99. The van der Waals surface area contributed by atoms with Gasteiger partial charge in [-0.3, -0.25) is 19.7 Å². The van der Waals surface area contributed by atoms with Gasteiger partial charge in [0, 0.05) is 43.9 Å². The van der Waals surface area contributed by atoms with Crippen molar-refractivity contribution in [3.05, 3.63) is 52.3 Å². The average molecular weight is 469 g/mol. The summed E-state index contributed by atoms with van der Waals surface area (Å²) in [6.45, 7) is 2.65. The lowest BCUT2D eigenvalue weighted by atomic mass is 10.0. The molecule has 2 atom stereocenters. The highest BCUT2D eigenvalue weighted by Crippen LogP contribution is 2.31. The molecular formula is C23H25ClN6O3. The van der Waals surface area contributed by atoms with E-state index < -0.39 is 11.9 Å². The van der Waals surface area contributed by atoms with E-state index in [9.17, 15) is 14.4 Å². The van der Waals surface area contributed by atoms with Gasteiger partial charge in [0.2, 0.25) is 17.8 Å². The minimum Gasteiger partial charge on any atom is -0.332 e. The largest absolute Gasteiger partial charge is 0.332 e. The Hall–Kier alpha value is -3.04. The summed E-state index contributed by atoms with van der Waals surface area (Å²) < 4.78 is 0. The van der Waals surface area contributed by atoms with E-state index in [4.69, 9.17) is 11.6 Å². The third-order valence-corrected chi connectivity index (χ3v) is 6.81. The molecule has 2 N–H and O–H groups in total. The van der Waals surface area contributed by atoms with Gasteiger partial charge in [-0.2, -0.15) is 0 Å². The molecule has 10 heteroatoms. The molecule has 1 aromatic heterocycles. The normalized spacial score (nSPS) is 22.8. The lowest BCUT2D eigenvalue weighted by Crippen LogP contribution is -2.52. The molecule has 3 amide bonds. The fourth-order valence-corrected chi connectivity index (χ4v) is 5.04. The number of aromatic nitrogens is 2. The number of rotatable bonds is 5. The molecule has 9 nitrogen and oxygen atoms in total. The molecule has 172 valence electrons. The fourth-order valence-electron chi connectivity index (χ4n) is 4.91. The first-order chi connectivity index (χ1) is 16.0. The Balaban J connectivity index is 1.44. The van der Waals surface area contributed by atoms with Gasteiger partial charge in [0.25, 0.3) is 5.91 Å². The van der Waals surface area contributed by atoms with E-state index in [2.05, 4.69) is 25.5 Å². The Labute approximate surface area is 196 Å². The van der Waals surface area contributed by atoms with Gasteiger partial charge in [0.1, 0.15) is 11.2 Å². The fraction of sp³-hybridized carbons (Fsp3) is 0.435. The lowest BCUT2D eigenvalue weighted by molar-refractivity contribution is -0.136. The molecule has 4 heterocycles. The summed E-state index contributed by atoms with van der Waals surface area (Å²) in [6.07, 6.45) is 4.28.